The van der Waals surface area contributed by atoms with Gasteiger partial charge < -0.3 is 15.2 Å². The van der Waals surface area contributed by atoms with Crippen LogP contribution in [0.2, 0.25) is 0 Å². The summed E-state index contributed by atoms with van der Waals surface area (Å²) in [5.74, 6) is 0.538. The molecular formula is C13H27NO2. The first-order valence-corrected chi connectivity index (χ1v) is 6.61. The van der Waals surface area contributed by atoms with Crippen LogP contribution in [-0.4, -0.2) is 36.5 Å². The number of aliphatic hydroxyl groups is 1. The molecule has 0 aromatic rings. The maximum absolute atomic E-state index is 10.2. The van der Waals surface area contributed by atoms with Gasteiger partial charge in [0.05, 0.1) is 12.2 Å². The fourth-order valence-corrected chi connectivity index (χ4v) is 2.26. The Morgan fingerprint density at radius 3 is 2.44 bits per heavy atom. The number of ether oxygens (including phenoxy) is 1. The second kappa shape index (κ2) is 6.58. The van der Waals surface area contributed by atoms with Gasteiger partial charge in [-0.3, -0.25) is 0 Å². The van der Waals surface area contributed by atoms with E-state index in [1.165, 1.54) is 0 Å². The average Bonchev–Trinajstić information content (AvgIpc) is 2.65. The van der Waals surface area contributed by atoms with Crippen LogP contribution >= 0.6 is 0 Å². The number of rotatable bonds is 7. The second-order valence-electron chi connectivity index (χ2n) is 5.32. The fraction of sp³-hybridized carbons (Fsp3) is 1.00. The van der Waals surface area contributed by atoms with E-state index in [9.17, 15) is 5.11 Å². The third-order valence-electron chi connectivity index (χ3n) is 3.53. The molecule has 3 nitrogen and oxygen atoms in total. The Kier molecular flexibility index (Phi) is 5.73. The molecule has 1 aliphatic rings. The zero-order valence-electron chi connectivity index (χ0n) is 11.0. The molecule has 1 atom stereocenters. The van der Waals surface area contributed by atoms with Crippen molar-refractivity contribution in [3.05, 3.63) is 0 Å². The van der Waals surface area contributed by atoms with Crippen molar-refractivity contribution in [3.8, 4) is 0 Å². The van der Waals surface area contributed by atoms with E-state index < -0.39 is 5.60 Å². The fourth-order valence-electron chi connectivity index (χ4n) is 2.26. The van der Waals surface area contributed by atoms with Crippen molar-refractivity contribution in [2.75, 3.05) is 19.8 Å². The lowest BCUT2D eigenvalue weighted by molar-refractivity contribution is 0.0346. The molecule has 0 amide bonds. The van der Waals surface area contributed by atoms with Crippen LogP contribution in [0.4, 0.5) is 0 Å². The maximum Gasteiger partial charge on any atom is 0.0771 e. The Hall–Kier alpha value is -0.120. The molecule has 0 aliphatic heterocycles. The minimum Gasteiger partial charge on any atom is -0.389 e. The van der Waals surface area contributed by atoms with E-state index in [0.29, 0.717) is 18.5 Å². The highest BCUT2D eigenvalue weighted by Crippen LogP contribution is 2.28. The summed E-state index contributed by atoms with van der Waals surface area (Å²) in [5.41, 5.74) is -0.459. The SMILES string of the molecule is CCOCC(NCC1(O)CCCC1)C(C)C. The minimum atomic E-state index is -0.459. The third-order valence-corrected chi connectivity index (χ3v) is 3.53. The van der Waals surface area contributed by atoms with Gasteiger partial charge in [-0.25, -0.2) is 0 Å². The average molecular weight is 229 g/mol. The zero-order valence-corrected chi connectivity index (χ0v) is 11.0. The van der Waals surface area contributed by atoms with Gasteiger partial charge in [-0.2, -0.15) is 0 Å². The summed E-state index contributed by atoms with van der Waals surface area (Å²) in [6.45, 7) is 8.61. The molecule has 3 heteroatoms. The molecule has 1 fully saturated rings. The van der Waals surface area contributed by atoms with E-state index in [0.717, 1.165) is 38.9 Å². The van der Waals surface area contributed by atoms with Gasteiger partial charge in [0.15, 0.2) is 0 Å². The summed E-state index contributed by atoms with van der Waals surface area (Å²) in [5, 5.41) is 13.7. The molecule has 1 rings (SSSR count). The van der Waals surface area contributed by atoms with Crippen molar-refractivity contribution in [1.29, 1.82) is 0 Å². The Bertz CT molecular complexity index is 188. The van der Waals surface area contributed by atoms with Crippen LogP contribution < -0.4 is 5.32 Å². The van der Waals surface area contributed by atoms with Crippen LogP contribution in [0.1, 0.15) is 46.5 Å². The number of hydrogen-bond acceptors (Lipinski definition) is 3. The van der Waals surface area contributed by atoms with Crippen molar-refractivity contribution in [1.82, 2.24) is 5.32 Å². The summed E-state index contributed by atoms with van der Waals surface area (Å²) in [7, 11) is 0. The summed E-state index contributed by atoms with van der Waals surface area (Å²) in [6, 6.07) is 0.351. The molecule has 1 aliphatic carbocycles. The van der Waals surface area contributed by atoms with E-state index in [4.69, 9.17) is 4.74 Å². The van der Waals surface area contributed by atoms with Gasteiger partial charge in [-0.1, -0.05) is 26.7 Å². The normalized spacial score (nSPS) is 21.6. The molecule has 0 heterocycles. The van der Waals surface area contributed by atoms with E-state index >= 15 is 0 Å². The van der Waals surface area contributed by atoms with E-state index in [1.807, 2.05) is 6.92 Å². The molecular weight excluding hydrogens is 202 g/mol. The van der Waals surface area contributed by atoms with Gasteiger partial charge in [0.1, 0.15) is 0 Å². The van der Waals surface area contributed by atoms with Gasteiger partial charge in [-0.15, -0.1) is 0 Å². The highest BCUT2D eigenvalue weighted by molar-refractivity contribution is 4.87. The predicted molar refractivity (Wildman–Crippen MR) is 66.5 cm³/mol. The standard InChI is InChI=1S/C13H27NO2/c1-4-16-9-12(11(2)3)14-10-13(15)7-5-6-8-13/h11-12,14-15H,4-10H2,1-3H3. The van der Waals surface area contributed by atoms with Crippen molar-refractivity contribution < 1.29 is 9.84 Å². The lowest BCUT2D eigenvalue weighted by Gasteiger charge is -2.28. The first-order chi connectivity index (χ1) is 7.57. The van der Waals surface area contributed by atoms with Crippen LogP contribution in [0.3, 0.4) is 0 Å². The molecule has 0 aromatic heterocycles. The first kappa shape index (κ1) is 13.9. The van der Waals surface area contributed by atoms with E-state index in [2.05, 4.69) is 19.2 Å². The number of nitrogens with one attached hydrogen (secondary N) is 1. The van der Waals surface area contributed by atoms with Crippen molar-refractivity contribution in [2.45, 2.75) is 58.1 Å². The Labute approximate surface area is 99.6 Å². The molecule has 0 saturated heterocycles. The first-order valence-electron chi connectivity index (χ1n) is 6.61. The molecule has 0 bridgehead atoms. The Morgan fingerprint density at radius 1 is 1.31 bits per heavy atom. The van der Waals surface area contributed by atoms with Crippen molar-refractivity contribution in [2.24, 2.45) is 5.92 Å². The molecule has 0 radical (unpaired) electrons. The van der Waals surface area contributed by atoms with Gasteiger partial charge in [0, 0.05) is 19.2 Å². The Balaban J connectivity index is 2.31. The Morgan fingerprint density at radius 2 is 1.94 bits per heavy atom. The van der Waals surface area contributed by atoms with Gasteiger partial charge in [0.2, 0.25) is 0 Å². The summed E-state index contributed by atoms with van der Waals surface area (Å²) in [6.07, 6.45) is 4.21. The maximum atomic E-state index is 10.2. The smallest absolute Gasteiger partial charge is 0.0771 e. The quantitative estimate of drug-likeness (QED) is 0.701. The molecule has 2 N–H and O–H groups in total. The van der Waals surface area contributed by atoms with Gasteiger partial charge in [-0.05, 0) is 25.7 Å². The van der Waals surface area contributed by atoms with Gasteiger partial charge in [0.25, 0.3) is 0 Å². The molecule has 96 valence electrons. The topological polar surface area (TPSA) is 41.5 Å². The largest absolute Gasteiger partial charge is 0.389 e. The molecule has 1 unspecified atom stereocenters. The molecule has 0 aromatic carbocycles. The third kappa shape index (κ3) is 4.40. The molecule has 1 saturated carbocycles. The van der Waals surface area contributed by atoms with Crippen molar-refractivity contribution in [3.63, 3.8) is 0 Å². The number of hydrogen-bond donors (Lipinski definition) is 2. The molecule has 0 spiro atoms. The lowest BCUT2D eigenvalue weighted by atomic mass is 10.00. The second-order valence-corrected chi connectivity index (χ2v) is 5.32. The zero-order chi connectivity index (χ0) is 12.0. The lowest BCUT2D eigenvalue weighted by Crippen LogP contribution is -2.46. The highest BCUT2D eigenvalue weighted by atomic mass is 16.5. The van der Waals surface area contributed by atoms with E-state index in [-0.39, 0.29) is 0 Å². The van der Waals surface area contributed by atoms with Crippen LogP contribution in [0.5, 0.6) is 0 Å². The van der Waals surface area contributed by atoms with Crippen LogP contribution in [0.15, 0.2) is 0 Å². The summed E-state index contributed by atoms with van der Waals surface area (Å²) >= 11 is 0. The van der Waals surface area contributed by atoms with E-state index in [1.54, 1.807) is 0 Å². The highest BCUT2D eigenvalue weighted by Gasteiger charge is 2.31. The molecule has 16 heavy (non-hydrogen) atoms. The van der Waals surface area contributed by atoms with Crippen molar-refractivity contribution >= 4 is 0 Å². The minimum absolute atomic E-state index is 0.351. The van der Waals surface area contributed by atoms with Crippen LogP contribution in [0.25, 0.3) is 0 Å². The summed E-state index contributed by atoms with van der Waals surface area (Å²) in [4.78, 5) is 0. The predicted octanol–water partition coefficient (Wildman–Crippen LogP) is 1.94. The summed E-state index contributed by atoms with van der Waals surface area (Å²) < 4.78 is 5.46. The van der Waals surface area contributed by atoms with Gasteiger partial charge >= 0.3 is 0 Å². The van der Waals surface area contributed by atoms with Crippen LogP contribution in [-0.2, 0) is 4.74 Å². The monoisotopic (exact) mass is 229 g/mol. The van der Waals surface area contributed by atoms with Crippen LogP contribution in [0, 0.1) is 5.92 Å².